The van der Waals surface area contributed by atoms with Crippen molar-refractivity contribution in [3.63, 3.8) is 0 Å². The molecular weight excluding hydrogens is 494 g/mol. The van der Waals surface area contributed by atoms with Crippen molar-refractivity contribution in [3.8, 4) is 0 Å². The molecule has 1 aromatic heterocycles. The van der Waals surface area contributed by atoms with E-state index in [0.29, 0.717) is 16.4 Å². The number of thiazole rings is 1. The van der Waals surface area contributed by atoms with Crippen LogP contribution in [-0.2, 0) is 31.8 Å². The zero-order valence-corrected chi connectivity index (χ0v) is 19.6. The first-order chi connectivity index (χ1) is 15.4. The van der Waals surface area contributed by atoms with Crippen molar-refractivity contribution in [2.24, 2.45) is 0 Å². The number of hydrogen-bond acceptors (Lipinski definition) is 10. The molecule has 2 heterocycles. The van der Waals surface area contributed by atoms with E-state index in [2.05, 4.69) is 9.37 Å². The van der Waals surface area contributed by atoms with E-state index in [1.807, 2.05) is 41.3 Å². The molecule has 0 aliphatic carbocycles. The number of anilines is 1. The van der Waals surface area contributed by atoms with Gasteiger partial charge in [0.15, 0.2) is 0 Å². The van der Waals surface area contributed by atoms with Crippen LogP contribution in [0.5, 0.6) is 0 Å². The van der Waals surface area contributed by atoms with Crippen LogP contribution in [-0.4, -0.2) is 29.8 Å². The number of thioether (sulfide) groups is 1. The Kier molecular flexibility index (Phi) is 7.17. The third-order valence-corrected chi connectivity index (χ3v) is 7.90. The molecule has 1 aliphatic rings. The maximum absolute atomic E-state index is 11.6. The summed E-state index contributed by atoms with van der Waals surface area (Å²) in [6.07, 6.45) is 1.90. The molecule has 0 saturated heterocycles. The summed E-state index contributed by atoms with van der Waals surface area (Å²) in [6.45, 7) is 0. The molecule has 0 fully saturated rings. The van der Waals surface area contributed by atoms with Crippen molar-refractivity contribution in [2.75, 3.05) is 10.8 Å². The molecule has 13 heteroatoms. The molecule has 2 aromatic carbocycles. The van der Waals surface area contributed by atoms with E-state index in [-0.39, 0.29) is 12.1 Å². The summed E-state index contributed by atoms with van der Waals surface area (Å²) < 4.78 is 39.5. The van der Waals surface area contributed by atoms with Crippen LogP contribution in [0.25, 0.3) is 10.2 Å². The summed E-state index contributed by atoms with van der Waals surface area (Å²) in [4.78, 5) is 2.94. The lowest BCUT2D eigenvalue weighted by Crippen LogP contribution is -2.40. The molecule has 3 aromatic rings. The number of para-hydroxylation sites is 2. The second-order valence-corrected chi connectivity index (χ2v) is 10.9. The molecule has 9 nitrogen and oxygen atoms in total. The summed E-state index contributed by atoms with van der Waals surface area (Å²) in [5.41, 5.74) is 1.89. The minimum absolute atomic E-state index is 0.187. The second kappa shape index (κ2) is 9.89. The summed E-state index contributed by atoms with van der Waals surface area (Å²) in [7, 11) is -4.25. The maximum Gasteiger partial charge on any atom is 0.326 e. The van der Waals surface area contributed by atoms with Crippen molar-refractivity contribution >= 4 is 66.9 Å². The Hall–Kier alpha value is -1.97. The van der Waals surface area contributed by atoms with Gasteiger partial charge in [0.2, 0.25) is 10.5 Å². The smallest absolute Gasteiger partial charge is 0.323 e. The topological polar surface area (TPSA) is 124 Å². The molecule has 0 bridgehead atoms. The fourth-order valence-corrected chi connectivity index (χ4v) is 6.84. The minimum atomic E-state index is -4.25. The van der Waals surface area contributed by atoms with Gasteiger partial charge in [0, 0.05) is 16.7 Å². The summed E-state index contributed by atoms with van der Waals surface area (Å²) in [5, 5.41) is 22.1. The second-order valence-electron chi connectivity index (χ2n) is 6.67. The highest BCUT2D eigenvalue weighted by atomic mass is 32.2. The predicted molar refractivity (Wildman–Crippen MR) is 125 cm³/mol. The van der Waals surface area contributed by atoms with Gasteiger partial charge in [0.1, 0.15) is 4.70 Å². The third kappa shape index (κ3) is 5.32. The van der Waals surface area contributed by atoms with Gasteiger partial charge < -0.3 is 10.3 Å². The van der Waals surface area contributed by atoms with Crippen LogP contribution >= 0.6 is 35.1 Å². The quantitative estimate of drug-likeness (QED) is 0.0740. The Morgan fingerprint density at radius 3 is 2.75 bits per heavy atom. The van der Waals surface area contributed by atoms with E-state index in [9.17, 15) is 13.0 Å². The lowest BCUT2D eigenvalue weighted by molar-refractivity contribution is -0.654. The van der Waals surface area contributed by atoms with E-state index in [1.54, 1.807) is 18.2 Å². The maximum atomic E-state index is 11.6. The van der Waals surface area contributed by atoms with Crippen molar-refractivity contribution in [2.45, 2.75) is 17.2 Å². The first kappa shape index (κ1) is 23.2. The Morgan fingerprint density at radius 1 is 1.22 bits per heavy atom. The van der Waals surface area contributed by atoms with Gasteiger partial charge in [0.25, 0.3) is 5.88 Å². The highest BCUT2D eigenvalue weighted by Gasteiger charge is 2.28. The average Bonchev–Trinajstić information content (AvgIpc) is 3.25. The normalized spacial score (nSPS) is 14.9. The molecule has 0 amide bonds. The lowest BCUT2D eigenvalue weighted by atomic mass is 10.2. The lowest BCUT2D eigenvalue weighted by Gasteiger charge is -2.18. The van der Waals surface area contributed by atoms with Crippen LogP contribution < -0.4 is 9.47 Å². The van der Waals surface area contributed by atoms with Gasteiger partial charge in [-0.05, 0) is 24.3 Å². The molecule has 0 radical (unpaired) electrons. The molecule has 4 rings (SSSR count). The monoisotopic (exact) mass is 512 g/mol. The van der Waals surface area contributed by atoms with Crippen molar-refractivity contribution in [3.05, 3.63) is 64.6 Å². The van der Waals surface area contributed by atoms with Gasteiger partial charge in [0.05, 0.1) is 35.1 Å². The highest BCUT2D eigenvalue weighted by Crippen LogP contribution is 2.46. The largest absolute Gasteiger partial charge is 0.326 e. The number of rotatable bonds is 9. The number of benzene rings is 2. The Morgan fingerprint density at radius 2 is 1.97 bits per heavy atom. The molecule has 0 atom stereocenters. The van der Waals surface area contributed by atoms with E-state index < -0.39 is 16.0 Å². The number of aromatic nitrogens is 1. The predicted octanol–water partition coefficient (Wildman–Crippen LogP) is 4.08. The van der Waals surface area contributed by atoms with Crippen LogP contribution in [0.1, 0.15) is 5.01 Å². The number of nitrogens with one attached hydrogen (secondary N) is 1. The fourth-order valence-electron chi connectivity index (χ4n) is 3.27. The van der Waals surface area contributed by atoms with Crippen LogP contribution in [0, 0.1) is 5.41 Å². The SMILES string of the molecule is N=C(C=C1Sc2ccccc2N1CSOOO)Cc1sc2ccccc2[n+]1CS(=O)(=O)O. The summed E-state index contributed by atoms with van der Waals surface area (Å²) >= 11 is 3.77. The van der Waals surface area contributed by atoms with Crippen molar-refractivity contribution in [1.82, 2.24) is 0 Å². The van der Waals surface area contributed by atoms with Crippen LogP contribution in [0.15, 0.2) is 64.5 Å². The fraction of sp³-hybridized carbons (Fsp3) is 0.158. The first-order valence-electron chi connectivity index (χ1n) is 9.14. The Labute approximate surface area is 196 Å². The third-order valence-electron chi connectivity index (χ3n) is 4.51. The standard InChI is InChI=1S/C19H17N3O6S4/c20-13(9-18-21(11-29-28-27-23)14-5-1-3-7-16(14)30-18)10-19-22(12-32(24,25)26)15-6-2-4-8-17(15)31-19/h1-9,20H,10-12H2,(H-,23,24,25,26)/p+1. The molecule has 32 heavy (non-hydrogen) atoms. The van der Waals surface area contributed by atoms with Gasteiger partial charge in [-0.15, -0.1) is 4.33 Å². The number of nitrogens with zero attached hydrogens (tertiary/aromatic N) is 2. The van der Waals surface area contributed by atoms with E-state index in [0.717, 1.165) is 32.4 Å². The molecule has 0 spiro atoms. The van der Waals surface area contributed by atoms with Gasteiger partial charge in [-0.3, -0.25) is 4.55 Å². The van der Waals surface area contributed by atoms with Gasteiger partial charge in [-0.1, -0.05) is 52.4 Å². The van der Waals surface area contributed by atoms with E-state index >= 15 is 0 Å². The van der Waals surface area contributed by atoms with Gasteiger partial charge >= 0.3 is 10.1 Å². The van der Waals surface area contributed by atoms with Crippen LogP contribution in [0.2, 0.25) is 0 Å². The molecule has 0 unspecified atom stereocenters. The summed E-state index contributed by atoms with van der Waals surface area (Å²) in [6, 6.07) is 15.1. The molecule has 3 N–H and O–H groups in total. The van der Waals surface area contributed by atoms with Gasteiger partial charge in [-0.25, -0.2) is 5.26 Å². The highest BCUT2D eigenvalue weighted by molar-refractivity contribution is 8.04. The Balaban J connectivity index is 1.61. The average molecular weight is 513 g/mol. The van der Waals surface area contributed by atoms with E-state index in [1.165, 1.54) is 27.7 Å². The van der Waals surface area contributed by atoms with Crippen LogP contribution in [0.3, 0.4) is 0 Å². The zero-order valence-electron chi connectivity index (χ0n) is 16.4. The molecule has 0 saturated carbocycles. The number of hydrogen-bond donors (Lipinski definition) is 3. The molecular formula is C19H18N3O6S4+. The minimum Gasteiger partial charge on any atom is -0.323 e. The molecule has 168 valence electrons. The molecule has 1 aliphatic heterocycles. The number of fused-ring (bicyclic) bond motifs is 2. The van der Waals surface area contributed by atoms with Crippen molar-refractivity contribution < 1.29 is 32.2 Å². The Bertz CT molecular complexity index is 1290. The number of allylic oxidation sites excluding steroid dienone is 1. The zero-order chi connectivity index (χ0) is 22.7. The van der Waals surface area contributed by atoms with Crippen molar-refractivity contribution in [1.29, 1.82) is 5.41 Å². The van der Waals surface area contributed by atoms with E-state index in [4.69, 9.17) is 10.7 Å². The first-order valence-corrected chi connectivity index (χ1v) is 13.3. The summed E-state index contributed by atoms with van der Waals surface area (Å²) in [5.74, 6) is -0.257. The van der Waals surface area contributed by atoms with Crippen LogP contribution in [0.4, 0.5) is 5.69 Å². The van der Waals surface area contributed by atoms with Gasteiger partial charge in [-0.2, -0.15) is 13.0 Å².